The minimum absolute atomic E-state index is 0.224. The molecule has 5 heteroatoms. The lowest BCUT2D eigenvalue weighted by Gasteiger charge is -2.08. The standard InChI is InChI=1S/C11H6BrClF2O/c12-11(9-3-4-10(13)16-9)7-2-1-6(14)5-8(7)15/h1-5,11H. The maximum Gasteiger partial charge on any atom is 0.193 e. The van der Waals surface area contributed by atoms with Crippen LogP contribution in [0.1, 0.15) is 16.2 Å². The molecule has 0 fully saturated rings. The topological polar surface area (TPSA) is 13.1 Å². The smallest absolute Gasteiger partial charge is 0.193 e. The van der Waals surface area contributed by atoms with E-state index in [-0.39, 0.29) is 5.22 Å². The van der Waals surface area contributed by atoms with E-state index >= 15 is 0 Å². The lowest BCUT2D eigenvalue weighted by atomic mass is 10.1. The predicted octanol–water partition coefficient (Wildman–Crippen LogP) is 4.70. The third kappa shape index (κ3) is 2.28. The molecule has 0 amide bonds. The molecule has 0 saturated heterocycles. The van der Waals surface area contributed by atoms with Crippen molar-refractivity contribution < 1.29 is 13.2 Å². The summed E-state index contributed by atoms with van der Waals surface area (Å²) in [7, 11) is 0. The van der Waals surface area contributed by atoms with E-state index in [4.69, 9.17) is 16.0 Å². The number of furan rings is 1. The molecule has 0 spiro atoms. The van der Waals surface area contributed by atoms with Crippen LogP contribution in [0.3, 0.4) is 0 Å². The van der Waals surface area contributed by atoms with Crippen molar-refractivity contribution in [2.75, 3.05) is 0 Å². The first-order valence-corrected chi connectivity index (χ1v) is 5.71. The first-order valence-electron chi connectivity index (χ1n) is 4.42. The molecule has 0 aliphatic carbocycles. The van der Waals surface area contributed by atoms with Gasteiger partial charge in [0.25, 0.3) is 0 Å². The lowest BCUT2D eigenvalue weighted by Crippen LogP contribution is -1.95. The molecule has 1 heterocycles. The highest BCUT2D eigenvalue weighted by Gasteiger charge is 2.18. The van der Waals surface area contributed by atoms with Crippen LogP contribution in [-0.2, 0) is 0 Å². The van der Waals surface area contributed by atoms with Gasteiger partial charge in [-0.05, 0) is 29.8 Å². The van der Waals surface area contributed by atoms with Crippen LogP contribution in [0.2, 0.25) is 5.22 Å². The summed E-state index contributed by atoms with van der Waals surface area (Å²) in [5, 5.41) is 0.224. The molecule has 1 unspecified atom stereocenters. The minimum atomic E-state index is -0.630. The van der Waals surface area contributed by atoms with Gasteiger partial charge in [-0.3, -0.25) is 0 Å². The van der Waals surface area contributed by atoms with E-state index in [1.807, 2.05) is 0 Å². The SMILES string of the molecule is Fc1ccc(C(Br)c2ccc(Cl)o2)c(F)c1. The van der Waals surface area contributed by atoms with Crippen molar-refractivity contribution >= 4 is 27.5 Å². The molecule has 2 rings (SSSR count). The van der Waals surface area contributed by atoms with Gasteiger partial charge in [-0.1, -0.05) is 22.0 Å². The molecule has 0 aliphatic rings. The molecule has 1 aromatic heterocycles. The Balaban J connectivity index is 2.37. The first kappa shape index (κ1) is 11.6. The van der Waals surface area contributed by atoms with Crippen molar-refractivity contribution in [3.05, 3.63) is 58.5 Å². The fourth-order valence-electron chi connectivity index (χ4n) is 1.32. The van der Waals surface area contributed by atoms with Crippen LogP contribution in [0.4, 0.5) is 8.78 Å². The molecule has 1 atom stereocenters. The van der Waals surface area contributed by atoms with Gasteiger partial charge in [0.15, 0.2) is 5.22 Å². The highest BCUT2D eigenvalue weighted by molar-refractivity contribution is 9.09. The summed E-state index contributed by atoms with van der Waals surface area (Å²) in [6, 6.07) is 6.57. The van der Waals surface area contributed by atoms with Crippen molar-refractivity contribution in [1.82, 2.24) is 0 Å². The third-order valence-electron chi connectivity index (χ3n) is 2.08. The van der Waals surface area contributed by atoms with E-state index in [0.29, 0.717) is 11.3 Å². The summed E-state index contributed by atoms with van der Waals surface area (Å²) in [5.41, 5.74) is 0.299. The van der Waals surface area contributed by atoms with E-state index in [1.165, 1.54) is 12.1 Å². The normalized spacial score (nSPS) is 12.8. The second-order valence-corrected chi connectivity index (χ2v) is 4.46. The van der Waals surface area contributed by atoms with Crippen LogP contribution in [0.25, 0.3) is 0 Å². The fraction of sp³-hybridized carbons (Fsp3) is 0.0909. The van der Waals surface area contributed by atoms with Gasteiger partial charge in [0.05, 0.1) is 0 Å². The Bertz CT molecular complexity index is 512. The quantitative estimate of drug-likeness (QED) is 0.733. The molecule has 16 heavy (non-hydrogen) atoms. The summed E-state index contributed by atoms with van der Waals surface area (Å²) in [5.74, 6) is -0.775. The molecule has 0 bridgehead atoms. The van der Waals surface area contributed by atoms with Crippen molar-refractivity contribution in [3.63, 3.8) is 0 Å². The maximum absolute atomic E-state index is 13.4. The Hall–Kier alpha value is -0.870. The van der Waals surface area contributed by atoms with Crippen LogP contribution in [0, 0.1) is 11.6 Å². The molecule has 84 valence electrons. The van der Waals surface area contributed by atoms with Gasteiger partial charge in [0.1, 0.15) is 22.2 Å². The second-order valence-electron chi connectivity index (χ2n) is 3.17. The van der Waals surface area contributed by atoms with Crippen LogP contribution >= 0.6 is 27.5 Å². The van der Waals surface area contributed by atoms with Gasteiger partial charge in [-0.15, -0.1) is 0 Å². The monoisotopic (exact) mass is 306 g/mol. The summed E-state index contributed by atoms with van der Waals surface area (Å²) < 4.78 is 31.3. The molecule has 0 aliphatic heterocycles. The van der Waals surface area contributed by atoms with Gasteiger partial charge in [0.2, 0.25) is 0 Å². The zero-order chi connectivity index (χ0) is 11.7. The van der Waals surface area contributed by atoms with E-state index in [9.17, 15) is 8.78 Å². The average Bonchev–Trinajstić information content (AvgIpc) is 2.64. The van der Waals surface area contributed by atoms with Crippen LogP contribution in [0.15, 0.2) is 34.7 Å². The minimum Gasteiger partial charge on any atom is -0.448 e. The Kier molecular flexibility index (Phi) is 3.30. The number of hydrogen-bond donors (Lipinski definition) is 0. The van der Waals surface area contributed by atoms with Gasteiger partial charge >= 0.3 is 0 Å². The van der Waals surface area contributed by atoms with Crippen molar-refractivity contribution in [2.24, 2.45) is 0 Å². The van der Waals surface area contributed by atoms with Gasteiger partial charge < -0.3 is 4.42 Å². The van der Waals surface area contributed by atoms with E-state index in [1.54, 1.807) is 12.1 Å². The van der Waals surface area contributed by atoms with Crippen LogP contribution in [-0.4, -0.2) is 0 Å². The van der Waals surface area contributed by atoms with Gasteiger partial charge in [-0.2, -0.15) is 0 Å². The zero-order valence-electron chi connectivity index (χ0n) is 7.88. The predicted molar refractivity (Wildman–Crippen MR) is 60.8 cm³/mol. The second kappa shape index (κ2) is 4.55. The Labute approximate surface area is 104 Å². The zero-order valence-corrected chi connectivity index (χ0v) is 10.2. The summed E-state index contributed by atoms with van der Waals surface area (Å²) in [6.07, 6.45) is 0. The number of benzene rings is 1. The largest absolute Gasteiger partial charge is 0.448 e. The van der Waals surface area contributed by atoms with Crippen LogP contribution in [0.5, 0.6) is 0 Å². The Morgan fingerprint density at radius 3 is 2.50 bits per heavy atom. The number of alkyl halides is 1. The molecule has 0 radical (unpaired) electrons. The highest BCUT2D eigenvalue weighted by atomic mass is 79.9. The molecular formula is C11H6BrClF2O. The van der Waals surface area contributed by atoms with Crippen molar-refractivity contribution in [3.8, 4) is 0 Å². The first-order chi connectivity index (χ1) is 7.58. The van der Waals surface area contributed by atoms with Gasteiger partial charge in [0, 0.05) is 11.6 Å². The fourth-order valence-corrected chi connectivity index (χ4v) is 2.09. The molecular weight excluding hydrogens is 301 g/mol. The maximum atomic E-state index is 13.4. The molecule has 0 N–H and O–H groups in total. The number of halogens is 4. The molecule has 1 nitrogen and oxygen atoms in total. The average molecular weight is 308 g/mol. The van der Waals surface area contributed by atoms with Crippen molar-refractivity contribution in [1.29, 1.82) is 0 Å². The lowest BCUT2D eigenvalue weighted by molar-refractivity contribution is 0.513. The summed E-state index contributed by atoms with van der Waals surface area (Å²) in [6.45, 7) is 0. The third-order valence-corrected chi connectivity index (χ3v) is 3.23. The Morgan fingerprint density at radius 1 is 1.19 bits per heavy atom. The van der Waals surface area contributed by atoms with E-state index in [0.717, 1.165) is 6.07 Å². The molecule has 1 aromatic carbocycles. The number of hydrogen-bond acceptors (Lipinski definition) is 1. The number of rotatable bonds is 2. The van der Waals surface area contributed by atoms with Crippen LogP contribution < -0.4 is 0 Å². The van der Waals surface area contributed by atoms with E-state index in [2.05, 4.69) is 15.9 Å². The Morgan fingerprint density at radius 2 is 1.94 bits per heavy atom. The molecule has 2 aromatic rings. The van der Waals surface area contributed by atoms with Gasteiger partial charge in [-0.25, -0.2) is 8.78 Å². The summed E-state index contributed by atoms with van der Waals surface area (Å²) in [4.78, 5) is -0.486. The molecule has 0 saturated carbocycles. The van der Waals surface area contributed by atoms with E-state index < -0.39 is 16.5 Å². The summed E-state index contributed by atoms with van der Waals surface area (Å²) >= 11 is 8.88. The highest BCUT2D eigenvalue weighted by Crippen LogP contribution is 2.34. The van der Waals surface area contributed by atoms with Crippen molar-refractivity contribution in [2.45, 2.75) is 4.83 Å².